The van der Waals surface area contributed by atoms with Crippen molar-refractivity contribution in [2.45, 2.75) is 51.7 Å². The van der Waals surface area contributed by atoms with Gasteiger partial charge in [-0.3, -0.25) is 4.79 Å². The molecule has 1 aliphatic rings. The lowest BCUT2D eigenvalue weighted by Crippen LogP contribution is -2.41. The normalized spacial score (nSPS) is 17.4. The van der Waals surface area contributed by atoms with Crippen molar-refractivity contribution in [3.8, 4) is 0 Å². The van der Waals surface area contributed by atoms with Gasteiger partial charge in [-0.05, 0) is 63.8 Å². The molecular formula is C18H23N3O3. The largest absolute Gasteiger partial charge is 0.444 e. The van der Waals surface area contributed by atoms with Crippen LogP contribution in [0.1, 0.15) is 48.8 Å². The van der Waals surface area contributed by atoms with E-state index in [4.69, 9.17) is 10.5 Å². The van der Waals surface area contributed by atoms with Gasteiger partial charge >= 0.3 is 6.09 Å². The van der Waals surface area contributed by atoms with Crippen LogP contribution >= 0.6 is 0 Å². The number of fused-ring (bicyclic) bond motifs is 3. The predicted octanol–water partition coefficient (Wildman–Crippen LogP) is 2.65. The number of carbonyl (C=O) groups excluding carboxylic acids is 2. The van der Waals surface area contributed by atoms with E-state index in [-0.39, 0.29) is 6.04 Å². The Balaban J connectivity index is 1.81. The number of nitrogens with two attached hydrogens (primary N) is 1. The van der Waals surface area contributed by atoms with Gasteiger partial charge in [0.25, 0.3) is 0 Å². The monoisotopic (exact) mass is 329 g/mol. The third-order valence-corrected chi connectivity index (χ3v) is 4.19. The zero-order chi connectivity index (χ0) is 17.5. The highest BCUT2D eigenvalue weighted by Gasteiger charge is 2.26. The number of primary amides is 1. The van der Waals surface area contributed by atoms with E-state index in [1.165, 1.54) is 0 Å². The summed E-state index contributed by atoms with van der Waals surface area (Å²) in [7, 11) is 0. The Morgan fingerprint density at radius 1 is 1.33 bits per heavy atom. The number of amides is 2. The number of nitrogens with one attached hydrogen (secondary N) is 2. The Hall–Kier alpha value is -2.50. The predicted molar refractivity (Wildman–Crippen MR) is 92.0 cm³/mol. The summed E-state index contributed by atoms with van der Waals surface area (Å²) in [6.07, 6.45) is 2.00. The molecule has 0 fully saturated rings. The molecule has 2 aromatic rings. The molecule has 1 unspecified atom stereocenters. The second kappa shape index (κ2) is 5.85. The average Bonchev–Trinajstić information content (AvgIpc) is 2.82. The first-order valence-corrected chi connectivity index (χ1v) is 8.16. The maximum atomic E-state index is 12.0. The Bertz CT molecular complexity index is 802. The number of aromatic amines is 1. The third kappa shape index (κ3) is 3.37. The maximum Gasteiger partial charge on any atom is 0.407 e. The number of rotatable bonds is 2. The van der Waals surface area contributed by atoms with Crippen molar-refractivity contribution in [2.24, 2.45) is 5.73 Å². The summed E-state index contributed by atoms with van der Waals surface area (Å²) >= 11 is 0. The van der Waals surface area contributed by atoms with Crippen molar-refractivity contribution in [1.29, 1.82) is 0 Å². The third-order valence-electron chi connectivity index (χ3n) is 4.19. The topological polar surface area (TPSA) is 97.2 Å². The fourth-order valence-corrected chi connectivity index (χ4v) is 3.17. The second-order valence-corrected chi connectivity index (χ2v) is 7.29. The van der Waals surface area contributed by atoms with E-state index in [1.807, 2.05) is 32.9 Å². The minimum Gasteiger partial charge on any atom is -0.444 e. The number of carbonyl (C=O) groups is 2. The fraction of sp³-hybridized carbons (Fsp3) is 0.444. The molecule has 0 aliphatic heterocycles. The van der Waals surface area contributed by atoms with Crippen molar-refractivity contribution >= 4 is 22.9 Å². The van der Waals surface area contributed by atoms with Crippen LogP contribution in [0.5, 0.6) is 0 Å². The SMILES string of the molecule is CC(C)(C)OC(=O)NC1CCc2[nH]c3ccc(C(N)=O)cc3c2C1. The van der Waals surface area contributed by atoms with E-state index in [0.717, 1.165) is 35.0 Å². The van der Waals surface area contributed by atoms with E-state index in [1.54, 1.807) is 6.07 Å². The molecule has 0 saturated carbocycles. The highest BCUT2D eigenvalue weighted by molar-refractivity contribution is 5.98. The smallest absolute Gasteiger partial charge is 0.407 e. The zero-order valence-corrected chi connectivity index (χ0v) is 14.2. The summed E-state index contributed by atoms with van der Waals surface area (Å²) in [5.41, 5.74) is 8.65. The van der Waals surface area contributed by atoms with Gasteiger partial charge in [0.1, 0.15) is 5.60 Å². The number of hydrogen-bond acceptors (Lipinski definition) is 3. The van der Waals surface area contributed by atoms with Crippen molar-refractivity contribution in [3.63, 3.8) is 0 Å². The van der Waals surface area contributed by atoms with Gasteiger partial charge in [0.15, 0.2) is 0 Å². The molecule has 0 bridgehead atoms. The van der Waals surface area contributed by atoms with Crippen LogP contribution < -0.4 is 11.1 Å². The first kappa shape index (κ1) is 16.4. The van der Waals surface area contributed by atoms with E-state index in [2.05, 4.69) is 10.3 Å². The van der Waals surface area contributed by atoms with Gasteiger partial charge in [-0.2, -0.15) is 0 Å². The molecule has 1 heterocycles. The molecule has 1 aromatic heterocycles. The molecule has 0 spiro atoms. The van der Waals surface area contributed by atoms with E-state index < -0.39 is 17.6 Å². The summed E-state index contributed by atoms with van der Waals surface area (Å²) in [6.45, 7) is 5.53. The Morgan fingerprint density at radius 3 is 2.75 bits per heavy atom. The van der Waals surface area contributed by atoms with Crippen molar-refractivity contribution in [3.05, 3.63) is 35.0 Å². The average molecular weight is 329 g/mol. The van der Waals surface area contributed by atoms with Gasteiger partial charge in [-0.15, -0.1) is 0 Å². The number of H-pyrrole nitrogens is 1. The minimum atomic E-state index is -0.513. The molecule has 3 rings (SSSR count). The van der Waals surface area contributed by atoms with E-state index in [9.17, 15) is 9.59 Å². The van der Waals surface area contributed by atoms with Crippen LogP contribution in [0.3, 0.4) is 0 Å². The Morgan fingerprint density at radius 2 is 2.08 bits per heavy atom. The van der Waals surface area contributed by atoms with Crippen LogP contribution in [0.25, 0.3) is 10.9 Å². The van der Waals surface area contributed by atoms with Crippen molar-refractivity contribution in [2.75, 3.05) is 0 Å². The van der Waals surface area contributed by atoms with E-state index >= 15 is 0 Å². The summed E-state index contributed by atoms with van der Waals surface area (Å²) in [5, 5.41) is 3.94. The Kier molecular flexibility index (Phi) is 3.99. The molecule has 4 N–H and O–H groups in total. The first-order chi connectivity index (χ1) is 11.2. The summed E-state index contributed by atoms with van der Waals surface area (Å²) in [6, 6.07) is 5.44. The molecular weight excluding hydrogens is 306 g/mol. The lowest BCUT2D eigenvalue weighted by molar-refractivity contribution is 0.0500. The van der Waals surface area contributed by atoms with Crippen LogP contribution in [-0.2, 0) is 17.6 Å². The number of hydrogen-bond donors (Lipinski definition) is 3. The van der Waals surface area contributed by atoms with Gasteiger partial charge < -0.3 is 20.8 Å². The van der Waals surface area contributed by atoms with E-state index in [0.29, 0.717) is 12.0 Å². The van der Waals surface area contributed by atoms with Crippen molar-refractivity contribution < 1.29 is 14.3 Å². The molecule has 24 heavy (non-hydrogen) atoms. The van der Waals surface area contributed by atoms with Crippen LogP contribution in [0.15, 0.2) is 18.2 Å². The summed E-state index contributed by atoms with van der Waals surface area (Å²) < 4.78 is 5.33. The number of aromatic nitrogens is 1. The van der Waals surface area contributed by atoms with Crippen molar-refractivity contribution in [1.82, 2.24) is 10.3 Å². The Labute approximate surface area is 140 Å². The zero-order valence-electron chi connectivity index (χ0n) is 14.2. The van der Waals surface area contributed by atoms with Gasteiger partial charge in [-0.25, -0.2) is 4.79 Å². The molecule has 1 aromatic carbocycles. The molecule has 0 saturated heterocycles. The minimum absolute atomic E-state index is 0.0172. The number of benzene rings is 1. The summed E-state index contributed by atoms with van der Waals surface area (Å²) in [5.74, 6) is -0.439. The molecule has 6 heteroatoms. The van der Waals surface area contributed by atoms with Crippen LogP contribution in [-0.4, -0.2) is 28.6 Å². The number of aryl methyl sites for hydroxylation is 1. The van der Waals surface area contributed by atoms with Crippen LogP contribution in [0, 0.1) is 0 Å². The quantitative estimate of drug-likeness (QED) is 0.790. The number of ether oxygens (including phenoxy) is 1. The fourth-order valence-electron chi connectivity index (χ4n) is 3.17. The highest BCUT2D eigenvalue weighted by Crippen LogP contribution is 2.30. The molecule has 1 aliphatic carbocycles. The van der Waals surface area contributed by atoms with Crippen LogP contribution in [0.2, 0.25) is 0 Å². The molecule has 128 valence electrons. The standard InChI is InChI=1S/C18H23N3O3/c1-18(2,3)24-17(23)20-11-5-7-15-13(9-11)12-8-10(16(19)22)4-6-14(12)21-15/h4,6,8,11,21H,5,7,9H2,1-3H3,(H2,19,22)(H,20,23). The lowest BCUT2D eigenvalue weighted by atomic mass is 9.91. The van der Waals surface area contributed by atoms with Gasteiger partial charge in [0, 0.05) is 28.2 Å². The molecule has 1 atom stereocenters. The molecule has 0 radical (unpaired) electrons. The first-order valence-electron chi connectivity index (χ1n) is 8.16. The lowest BCUT2D eigenvalue weighted by Gasteiger charge is -2.26. The van der Waals surface area contributed by atoms with Gasteiger partial charge in [0.05, 0.1) is 0 Å². The van der Waals surface area contributed by atoms with Gasteiger partial charge in [-0.1, -0.05) is 0 Å². The number of alkyl carbamates (subject to hydrolysis) is 1. The second-order valence-electron chi connectivity index (χ2n) is 7.29. The molecule has 6 nitrogen and oxygen atoms in total. The summed E-state index contributed by atoms with van der Waals surface area (Å²) in [4.78, 5) is 26.8. The maximum absolute atomic E-state index is 12.0. The molecule has 2 amide bonds. The van der Waals surface area contributed by atoms with Crippen LogP contribution in [0.4, 0.5) is 4.79 Å². The highest BCUT2D eigenvalue weighted by atomic mass is 16.6. The van der Waals surface area contributed by atoms with Gasteiger partial charge in [0.2, 0.25) is 5.91 Å².